The molecule has 2 aromatic heterocycles. The van der Waals surface area contributed by atoms with E-state index >= 15 is 0 Å². The van der Waals surface area contributed by atoms with Crippen LogP contribution < -0.4 is 24.4 Å². The number of methoxy groups -OCH3 is 2. The summed E-state index contributed by atoms with van der Waals surface area (Å²) < 4.78 is 35.3. The minimum absolute atomic E-state index is 0.143. The Bertz CT molecular complexity index is 2430. The highest BCUT2D eigenvalue weighted by Crippen LogP contribution is 2.38. The number of hydrogen-bond acceptors (Lipinski definition) is 7. The normalized spacial score (nSPS) is 14.4. The number of nitrogens with zero attached hydrogens (tertiary/aromatic N) is 3. The fourth-order valence-electron chi connectivity index (χ4n) is 6.25. The Balaban J connectivity index is 1.47. The zero-order valence-electron chi connectivity index (χ0n) is 27.1. The highest BCUT2D eigenvalue weighted by molar-refractivity contribution is 7.07. The highest BCUT2D eigenvalue weighted by Gasteiger charge is 2.35. The molecule has 6 aromatic rings. The van der Waals surface area contributed by atoms with Gasteiger partial charge in [-0.2, -0.15) is 0 Å². The van der Waals surface area contributed by atoms with Gasteiger partial charge in [-0.05, 0) is 42.8 Å². The molecule has 3 heterocycles. The third-order valence-corrected chi connectivity index (χ3v) is 9.48. The fourth-order valence-corrected chi connectivity index (χ4v) is 7.24. The summed E-state index contributed by atoms with van der Waals surface area (Å²) in [6.45, 7) is 2.21. The number of hydrogen-bond donors (Lipinski definition) is 0. The molecule has 1 atom stereocenters. The third-order valence-electron chi connectivity index (χ3n) is 8.50. The van der Waals surface area contributed by atoms with Crippen LogP contribution in [-0.4, -0.2) is 35.9 Å². The molecule has 0 unspecified atom stereocenters. The molecule has 7 rings (SSSR count). The van der Waals surface area contributed by atoms with E-state index in [1.54, 1.807) is 42.9 Å². The molecule has 0 saturated carbocycles. The maximum Gasteiger partial charge on any atom is 0.338 e. The second-order valence-corrected chi connectivity index (χ2v) is 12.4. The number of fused-ring (bicyclic) bond motifs is 2. The number of esters is 1. The standard InChI is InChI=1S/C39H32FN3O5S/c1-4-48-38(45)34-35(24-12-6-5-7-13-24)41-39-43(36(34)25-18-19-31(46-2)32(20-25)47-3)37(44)33(49-39)21-27-23-42(30-17-11-9-15-28(27)30)22-26-14-8-10-16-29(26)40/h5-21,23,36H,4,22H2,1-3H3/b33-21-/t36-/m1/s1. The zero-order valence-corrected chi connectivity index (χ0v) is 27.9. The smallest absolute Gasteiger partial charge is 0.338 e. The Kier molecular flexibility index (Phi) is 8.71. The number of halogens is 1. The highest BCUT2D eigenvalue weighted by atomic mass is 32.1. The predicted octanol–water partition coefficient (Wildman–Crippen LogP) is 6.09. The van der Waals surface area contributed by atoms with E-state index in [-0.39, 0.29) is 23.6 Å². The molecule has 4 aromatic carbocycles. The number of benzene rings is 4. The molecule has 0 saturated heterocycles. The number of thiazole rings is 1. The maximum atomic E-state index is 14.6. The van der Waals surface area contributed by atoms with Crippen LogP contribution >= 0.6 is 11.3 Å². The largest absolute Gasteiger partial charge is 0.493 e. The van der Waals surface area contributed by atoms with Crippen LogP contribution in [0.2, 0.25) is 0 Å². The van der Waals surface area contributed by atoms with Gasteiger partial charge in [-0.3, -0.25) is 9.36 Å². The molecule has 0 bridgehead atoms. The minimum atomic E-state index is -0.880. The Morgan fingerprint density at radius 1 is 0.939 bits per heavy atom. The van der Waals surface area contributed by atoms with Gasteiger partial charge in [-0.25, -0.2) is 14.2 Å². The first-order chi connectivity index (χ1) is 23.9. The van der Waals surface area contributed by atoms with Gasteiger partial charge in [0.05, 0.1) is 49.2 Å². The summed E-state index contributed by atoms with van der Waals surface area (Å²) in [7, 11) is 3.08. The fraction of sp³-hybridized carbons (Fsp3) is 0.154. The van der Waals surface area contributed by atoms with Crippen LogP contribution in [0.15, 0.2) is 119 Å². The summed E-state index contributed by atoms with van der Waals surface area (Å²) in [5.41, 5.74) is 3.95. The zero-order chi connectivity index (χ0) is 34.1. The van der Waals surface area contributed by atoms with Crippen molar-refractivity contribution in [1.29, 1.82) is 0 Å². The van der Waals surface area contributed by atoms with Crippen molar-refractivity contribution in [1.82, 2.24) is 9.13 Å². The lowest BCUT2D eigenvalue weighted by Crippen LogP contribution is -2.40. The van der Waals surface area contributed by atoms with E-state index in [1.165, 1.54) is 24.5 Å². The van der Waals surface area contributed by atoms with Crippen LogP contribution in [0, 0.1) is 5.82 Å². The SMILES string of the molecule is CCOC(=O)C1=C(c2ccccc2)N=c2s/c(=C\c3cn(Cc4ccccc4F)c4ccccc34)c(=O)n2[C@@H]1c1ccc(OC)c(OC)c1. The van der Waals surface area contributed by atoms with E-state index in [0.29, 0.717) is 49.8 Å². The molecule has 0 amide bonds. The average Bonchev–Trinajstić information content (AvgIpc) is 3.64. The van der Waals surface area contributed by atoms with Gasteiger partial charge in [-0.1, -0.05) is 84.1 Å². The van der Waals surface area contributed by atoms with Crippen molar-refractivity contribution >= 4 is 40.0 Å². The topological polar surface area (TPSA) is 84.1 Å². The second kappa shape index (κ2) is 13.4. The number of para-hydroxylation sites is 1. The minimum Gasteiger partial charge on any atom is -0.493 e. The lowest BCUT2D eigenvalue weighted by atomic mass is 9.93. The van der Waals surface area contributed by atoms with Crippen molar-refractivity contribution in [3.63, 3.8) is 0 Å². The van der Waals surface area contributed by atoms with Gasteiger partial charge < -0.3 is 18.8 Å². The molecule has 0 fully saturated rings. The number of carbonyl (C=O) groups is 1. The van der Waals surface area contributed by atoms with E-state index in [4.69, 9.17) is 19.2 Å². The number of rotatable bonds is 9. The Morgan fingerprint density at radius 2 is 1.67 bits per heavy atom. The lowest BCUT2D eigenvalue weighted by molar-refractivity contribution is -0.138. The monoisotopic (exact) mass is 673 g/mol. The van der Waals surface area contributed by atoms with Gasteiger partial charge in [0.25, 0.3) is 5.56 Å². The molecule has 8 nitrogen and oxygen atoms in total. The third kappa shape index (κ3) is 5.84. The summed E-state index contributed by atoms with van der Waals surface area (Å²) >= 11 is 1.24. The Labute approximate surface area is 285 Å². The average molecular weight is 674 g/mol. The van der Waals surface area contributed by atoms with Crippen LogP contribution in [0.1, 0.15) is 35.2 Å². The van der Waals surface area contributed by atoms with Crippen LogP contribution in [0.5, 0.6) is 11.5 Å². The molecule has 1 aliphatic heterocycles. The van der Waals surface area contributed by atoms with Crippen molar-refractivity contribution in [3.05, 3.63) is 157 Å². The summed E-state index contributed by atoms with van der Waals surface area (Å²) in [6.07, 6.45) is 3.77. The molecule has 0 aliphatic carbocycles. The molecule has 1 aliphatic rings. The van der Waals surface area contributed by atoms with E-state index in [9.17, 15) is 14.0 Å². The van der Waals surface area contributed by atoms with Crippen LogP contribution in [0.3, 0.4) is 0 Å². The predicted molar refractivity (Wildman–Crippen MR) is 188 cm³/mol. The summed E-state index contributed by atoms with van der Waals surface area (Å²) in [6, 6.07) is 28.4. The van der Waals surface area contributed by atoms with Crippen molar-refractivity contribution in [2.24, 2.45) is 4.99 Å². The van der Waals surface area contributed by atoms with E-state index in [2.05, 4.69) is 0 Å². The molecular formula is C39H32FN3O5S. The first kappa shape index (κ1) is 31.8. The molecule has 49 heavy (non-hydrogen) atoms. The van der Waals surface area contributed by atoms with Crippen molar-refractivity contribution in [2.75, 3.05) is 20.8 Å². The van der Waals surface area contributed by atoms with Gasteiger partial charge in [0.15, 0.2) is 16.3 Å². The van der Waals surface area contributed by atoms with Gasteiger partial charge >= 0.3 is 5.97 Å². The van der Waals surface area contributed by atoms with Crippen LogP contribution in [0.4, 0.5) is 4.39 Å². The summed E-state index contributed by atoms with van der Waals surface area (Å²) in [5, 5.41) is 0.915. The maximum absolute atomic E-state index is 14.6. The molecule has 246 valence electrons. The van der Waals surface area contributed by atoms with Gasteiger partial charge in [0, 0.05) is 33.8 Å². The van der Waals surface area contributed by atoms with Crippen LogP contribution in [-0.2, 0) is 16.1 Å². The van der Waals surface area contributed by atoms with Crippen molar-refractivity contribution in [3.8, 4) is 11.5 Å². The quantitative estimate of drug-likeness (QED) is 0.174. The van der Waals surface area contributed by atoms with E-state index in [1.807, 2.05) is 83.6 Å². The summed E-state index contributed by atoms with van der Waals surface area (Å²) in [5.74, 6) is 0.106. The van der Waals surface area contributed by atoms with Crippen LogP contribution in [0.25, 0.3) is 22.7 Å². The number of aromatic nitrogens is 2. The molecule has 0 N–H and O–H groups in total. The van der Waals surface area contributed by atoms with Gasteiger partial charge in [0.1, 0.15) is 5.82 Å². The second-order valence-electron chi connectivity index (χ2n) is 11.4. The Morgan fingerprint density at radius 3 is 2.43 bits per heavy atom. The number of ether oxygens (including phenoxy) is 3. The van der Waals surface area contributed by atoms with E-state index in [0.717, 1.165) is 16.5 Å². The van der Waals surface area contributed by atoms with E-state index < -0.39 is 12.0 Å². The van der Waals surface area contributed by atoms with Gasteiger partial charge in [0.2, 0.25) is 0 Å². The van der Waals surface area contributed by atoms with Gasteiger partial charge in [-0.15, -0.1) is 0 Å². The molecule has 10 heteroatoms. The molecule has 0 spiro atoms. The molecular weight excluding hydrogens is 642 g/mol. The summed E-state index contributed by atoms with van der Waals surface area (Å²) in [4.78, 5) is 33.7. The molecule has 0 radical (unpaired) electrons. The van der Waals surface area contributed by atoms with Crippen molar-refractivity contribution in [2.45, 2.75) is 19.5 Å². The Hall–Kier alpha value is -5.74. The number of carbonyl (C=O) groups excluding carboxylic acids is 1. The van der Waals surface area contributed by atoms with Crippen molar-refractivity contribution < 1.29 is 23.4 Å². The lowest BCUT2D eigenvalue weighted by Gasteiger charge is -2.26. The first-order valence-corrected chi connectivity index (χ1v) is 16.5. The first-order valence-electron chi connectivity index (χ1n) is 15.7.